The van der Waals surface area contributed by atoms with Gasteiger partial charge in [-0.2, -0.15) is 0 Å². The zero-order valence-corrected chi connectivity index (χ0v) is 12.7. The van der Waals surface area contributed by atoms with Gasteiger partial charge in [0.25, 0.3) is 0 Å². The lowest BCUT2D eigenvalue weighted by Gasteiger charge is -2.06. The molecule has 0 aliphatic heterocycles. The number of sulfonamides is 1. The first-order chi connectivity index (χ1) is 8.33. The molecule has 0 aliphatic rings. The molecule has 0 radical (unpaired) electrons. The molecule has 9 heteroatoms. The highest BCUT2D eigenvalue weighted by molar-refractivity contribution is 7.89. The first-order valence-corrected chi connectivity index (χ1v) is 8.90. The molecule has 0 aliphatic carbocycles. The van der Waals surface area contributed by atoms with E-state index in [1.165, 1.54) is 6.07 Å². The summed E-state index contributed by atoms with van der Waals surface area (Å²) in [6, 6.07) is 1.23. The molecule has 1 rings (SSSR count). The second-order valence-corrected chi connectivity index (χ2v) is 7.56. The molecule has 5 nitrogen and oxygen atoms in total. The summed E-state index contributed by atoms with van der Waals surface area (Å²) >= 11 is 11.3. The van der Waals surface area contributed by atoms with E-state index in [1.54, 1.807) is 6.26 Å². The number of nitrogens with one attached hydrogen (secondary N) is 1. The largest absolute Gasteiger partial charge is 0.260 e. The Morgan fingerprint density at radius 1 is 1.44 bits per heavy atom. The van der Waals surface area contributed by atoms with E-state index in [-0.39, 0.29) is 21.6 Å². The van der Waals surface area contributed by atoms with Gasteiger partial charge in [0.05, 0.1) is 5.02 Å². The van der Waals surface area contributed by atoms with Crippen molar-refractivity contribution in [1.82, 2.24) is 9.71 Å². The molecule has 102 valence electrons. The van der Waals surface area contributed by atoms with Crippen molar-refractivity contribution in [2.45, 2.75) is 11.3 Å². The number of hydrogen-bond acceptors (Lipinski definition) is 4. The molecule has 0 bridgehead atoms. The van der Waals surface area contributed by atoms with Crippen LogP contribution in [0.15, 0.2) is 17.2 Å². The number of halogens is 2. The Morgan fingerprint density at radius 3 is 2.67 bits per heavy atom. The lowest BCUT2D eigenvalue weighted by atomic mass is 10.5. The molecular formula is C9H12Cl2N2O3S2. The SMILES string of the molecule is CS(=O)CCCNS(=O)(=O)c1cnc(Cl)c(Cl)c1. The number of aromatic nitrogens is 1. The molecular weight excluding hydrogens is 319 g/mol. The molecule has 0 aromatic carbocycles. The Kier molecular flexibility index (Phi) is 6.00. The molecule has 1 aromatic heterocycles. The van der Waals surface area contributed by atoms with E-state index in [4.69, 9.17) is 23.2 Å². The van der Waals surface area contributed by atoms with Gasteiger partial charge in [-0.25, -0.2) is 18.1 Å². The third-order valence-corrected chi connectivity index (χ3v) is 4.96. The summed E-state index contributed by atoms with van der Waals surface area (Å²) in [5.41, 5.74) is 0. The standard InChI is InChI=1S/C9H12Cl2N2O3S2/c1-17(14)4-2-3-13-18(15,16)7-5-8(10)9(11)12-6-7/h5-6,13H,2-4H2,1H3. The Bertz CT molecular complexity index is 549. The van der Waals surface area contributed by atoms with Crippen LogP contribution in [0.1, 0.15) is 6.42 Å². The molecule has 0 spiro atoms. The van der Waals surface area contributed by atoms with Gasteiger partial charge >= 0.3 is 0 Å². The Morgan fingerprint density at radius 2 is 2.11 bits per heavy atom. The minimum atomic E-state index is -3.65. The second kappa shape index (κ2) is 6.81. The minimum absolute atomic E-state index is 0.0467. The maximum atomic E-state index is 11.8. The smallest absolute Gasteiger partial charge is 0.242 e. The second-order valence-electron chi connectivity index (χ2n) is 3.47. The highest BCUT2D eigenvalue weighted by atomic mass is 35.5. The summed E-state index contributed by atoms with van der Waals surface area (Å²) in [5, 5.41) is 0.131. The van der Waals surface area contributed by atoms with Gasteiger partial charge in [-0.1, -0.05) is 23.2 Å². The van der Waals surface area contributed by atoms with Crippen molar-refractivity contribution < 1.29 is 12.6 Å². The quantitative estimate of drug-likeness (QED) is 0.632. The van der Waals surface area contributed by atoms with Crippen LogP contribution in [0, 0.1) is 0 Å². The van der Waals surface area contributed by atoms with Crippen LogP contribution in [0.3, 0.4) is 0 Å². The average molecular weight is 331 g/mol. The van der Waals surface area contributed by atoms with Crippen molar-refractivity contribution in [2.24, 2.45) is 0 Å². The number of rotatable bonds is 6. The first kappa shape index (κ1) is 15.8. The van der Waals surface area contributed by atoms with Crippen molar-refractivity contribution in [1.29, 1.82) is 0 Å². The monoisotopic (exact) mass is 330 g/mol. The van der Waals surface area contributed by atoms with Crippen molar-refractivity contribution in [3.05, 3.63) is 22.4 Å². The van der Waals surface area contributed by atoms with Crippen LogP contribution in [0.5, 0.6) is 0 Å². The molecule has 1 N–H and O–H groups in total. The maximum Gasteiger partial charge on any atom is 0.242 e. The number of hydrogen-bond donors (Lipinski definition) is 1. The maximum absolute atomic E-state index is 11.8. The van der Waals surface area contributed by atoms with Gasteiger partial charge in [-0.05, 0) is 12.5 Å². The summed E-state index contributed by atoms with van der Waals surface area (Å²) in [6.07, 6.45) is 3.20. The molecule has 1 heterocycles. The Labute approximate surface area is 118 Å². The minimum Gasteiger partial charge on any atom is -0.260 e. The van der Waals surface area contributed by atoms with Crippen LogP contribution in [0.4, 0.5) is 0 Å². The summed E-state index contributed by atoms with van der Waals surface area (Å²) in [5.74, 6) is 0.447. The van der Waals surface area contributed by atoms with Crippen LogP contribution >= 0.6 is 23.2 Å². The summed E-state index contributed by atoms with van der Waals surface area (Å²) in [7, 11) is -4.58. The van der Waals surface area contributed by atoms with Crippen molar-refractivity contribution >= 4 is 44.0 Å². The zero-order valence-electron chi connectivity index (χ0n) is 9.52. The fourth-order valence-corrected chi connectivity index (χ4v) is 3.05. The highest BCUT2D eigenvalue weighted by Crippen LogP contribution is 2.21. The van der Waals surface area contributed by atoms with E-state index in [1.807, 2.05) is 0 Å². The van der Waals surface area contributed by atoms with E-state index in [0.717, 1.165) is 6.20 Å². The molecule has 1 atom stereocenters. The van der Waals surface area contributed by atoms with Gasteiger partial charge in [-0.15, -0.1) is 0 Å². The Balaban J connectivity index is 2.68. The normalized spacial score (nSPS) is 13.5. The molecule has 18 heavy (non-hydrogen) atoms. The third-order valence-electron chi connectivity index (χ3n) is 1.98. The summed E-state index contributed by atoms with van der Waals surface area (Å²) < 4.78 is 36.8. The first-order valence-electron chi connectivity index (χ1n) is 4.93. The van der Waals surface area contributed by atoms with Crippen molar-refractivity contribution in [3.8, 4) is 0 Å². The number of nitrogens with zero attached hydrogens (tertiary/aromatic N) is 1. The predicted molar refractivity (Wildman–Crippen MR) is 73.0 cm³/mol. The van der Waals surface area contributed by atoms with Crippen LogP contribution in [0.2, 0.25) is 10.2 Å². The average Bonchev–Trinajstić information content (AvgIpc) is 2.28. The molecule has 0 fully saturated rings. The zero-order chi connectivity index (χ0) is 13.8. The highest BCUT2D eigenvalue weighted by Gasteiger charge is 2.15. The fourth-order valence-electron chi connectivity index (χ4n) is 1.12. The summed E-state index contributed by atoms with van der Waals surface area (Å²) in [4.78, 5) is 3.62. The van der Waals surface area contributed by atoms with Crippen molar-refractivity contribution in [2.75, 3.05) is 18.6 Å². The van der Waals surface area contributed by atoms with E-state index in [9.17, 15) is 12.6 Å². The fraction of sp³-hybridized carbons (Fsp3) is 0.444. The molecule has 0 amide bonds. The van der Waals surface area contributed by atoms with E-state index >= 15 is 0 Å². The van der Waals surface area contributed by atoms with Gasteiger partial charge in [0.15, 0.2) is 0 Å². The van der Waals surface area contributed by atoms with Crippen molar-refractivity contribution in [3.63, 3.8) is 0 Å². The van der Waals surface area contributed by atoms with E-state index in [0.29, 0.717) is 12.2 Å². The van der Waals surface area contributed by atoms with Gasteiger partial charge in [0.1, 0.15) is 10.0 Å². The topological polar surface area (TPSA) is 76.1 Å². The predicted octanol–water partition coefficient (Wildman–Crippen LogP) is 1.44. The third kappa shape index (κ3) is 4.81. The molecule has 1 aromatic rings. The van der Waals surface area contributed by atoms with Crippen LogP contribution < -0.4 is 4.72 Å². The van der Waals surface area contributed by atoms with Gasteiger partial charge < -0.3 is 0 Å². The number of pyridine rings is 1. The van der Waals surface area contributed by atoms with Crippen LogP contribution in [-0.4, -0.2) is 36.2 Å². The van der Waals surface area contributed by atoms with Crippen LogP contribution in [-0.2, 0) is 20.8 Å². The molecule has 0 saturated heterocycles. The van der Waals surface area contributed by atoms with Gasteiger partial charge in [-0.3, -0.25) is 4.21 Å². The van der Waals surface area contributed by atoms with Gasteiger partial charge in [0.2, 0.25) is 10.0 Å². The van der Waals surface area contributed by atoms with Crippen LogP contribution in [0.25, 0.3) is 0 Å². The Hall–Kier alpha value is -0.210. The molecule has 0 saturated carbocycles. The van der Waals surface area contributed by atoms with E-state index in [2.05, 4.69) is 9.71 Å². The molecule has 1 unspecified atom stereocenters. The lowest BCUT2D eigenvalue weighted by molar-refractivity contribution is 0.580. The van der Waals surface area contributed by atoms with E-state index < -0.39 is 20.8 Å². The lowest BCUT2D eigenvalue weighted by Crippen LogP contribution is -2.25. The van der Waals surface area contributed by atoms with Gasteiger partial charge in [0, 0.05) is 35.5 Å². The summed E-state index contributed by atoms with van der Waals surface area (Å²) in [6.45, 7) is 0.210.